The van der Waals surface area contributed by atoms with Gasteiger partial charge < -0.3 is 15.3 Å². The van der Waals surface area contributed by atoms with Crippen LogP contribution in [-0.2, 0) is 0 Å². The van der Waals surface area contributed by atoms with E-state index in [1.54, 1.807) is 13.1 Å². The first-order valence-corrected chi connectivity index (χ1v) is 5.79. The van der Waals surface area contributed by atoms with Crippen molar-refractivity contribution in [2.45, 2.75) is 20.0 Å². The standard InChI is InChI=1S/C12H19N3O/c1-9-7-12(14-8-11(9)10(2)16)15-5-3-13-4-6-15/h7-8,10,13,16H,3-6H2,1-2H3/t10-/m1/s1. The van der Waals surface area contributed by atoms with Gasteiger partial charge in [-0.1, -0.05) is 0 Å². The third-order valence-corrected chi connectivity index (χ3v) is 3.03. The minimum atomic E-state index is -0.440. The van der Waals surface area contributed by atoms with Gasteiger partial charge in [0.2, 0.25) is 0 Å². The number of rotatable bonds is 2. The third kappa shape index (κ3) is 2.33. The normalized spacial score (nSPS) is 18.6. The number of nitrogens with zero attached hydrogens (tertiary/aromatic N) is 2. The number of piperazine rings is 1. The molecule has 1 aromatic heterocycles. The fraction of sp³-hybridized carbons (Fsp3) is 0.583. The fourth-order valence-electron chi connectivity index (χ4n) is 2.06. The number of hydrogen-bond donors (Lipinski definition) is 2. The van der Waals surface area contributed by atoms with E-state index in [1.165, 1.54) is 0 Å². The first-order chi connectivity index (χ1) is 7.68. The maximum Gasteiger partial charge on any atom is 0.128 e. The summed E-state index contributed by atoms with van der Waals surface area (Å²) in [5.41, 5.74) is 2.03. The van der Waals surface area contributed by atoms with E-state index >= 15 is 0 Å². The lowest BCUT2D eigenvalue weighted by molar-refractivity contribution is 0.198. The van der Waals surface area contributed by atoms with E-state index in [2.05, 4.69) is 21.3 Å². The molecule has 0 aliphatic carbocycles. The minimum Gasteiger partial charge on any atom is -0.389 e. The molecule has 1 fully saturated rings. The largest absolute Gasteiger partial charge is 0.389 e. The first kappa shape index (κ1) is 11.4. The average Bonchev–Trinajstić information content (AvgIpc) is 2.29. The topological polar surface area (TPSA) is 48.4 Å². The first-order valence-electron chi connectivity index (χ1n) is 5.79. The zero-order chi connectivity index (χ0) is 11.5. The van der Waals surface area contributed by atoms with Crippen molar-refractivity contribution in [1.82, 2.24) is 10.3 Å². The summed E-state index contributed by atoms with van der Waals surface area (Å²) < 4.78 is 0. The summed E-state index contributed by atoms with van der Waals surface area (Å²) in [6, 6.07) is 2.06. The maximum absolute atomic E-state index is 9.54. The van der Waals surface area contributed by atoms with Crippen molar-refractivity contribution in [1.29, 1.82) is 0 Å². The molecule has 16 heavy (non-hydrogen) atoms. The molecular weight excluding hydrogens is 202 g/mol. The second-order valence-corrected chi connectivity index (χ2v) is 4.31. The molecule has 1 saturated heterocycles. The average molecular weight is 221 g/mol. The van der Waals surface area contributed by atoms with Crippen LogP contribution < -0.4 is 10.2 Å². The van der Waals surface area contributed by atoms with E-state index in [4.69, 9.17) is 0 Å². The zero-order valence-electron chi connectivity index (χ0n) is 9.90. The van der Waals surface area contributed by atoms with Crippen LogP contribution in [0.2, 0.25) is 0 Å². The SMILES string of the molecule is Cc1cc(N2CCNCC2)ncc1[C@@H](C)O. The summed E-state index contributed by atoms with van der Waals surface area (Å²) in [6.45, 7) is 7.82. The zero-order valence-corrected chi connectivity index (χ0v) is 9.90. The Balaban J connectivity index is 2.19. The molecule has 2 N–H and O–H groups in total. The Kier molecular flexibility index (Phi) is 3.41. The third-order valence-electron chi connectivity index (χ3n) is 3.03. The lowest BCUT2D eigenvalue weighted by atomic mass is 10.1. The Labute approximate surface area is 96.3 Å². The van der Waals surface area contributed by atoms with Crippen molar-refractivity contribution in [3.8, 4) is 0 Å². The van der Waals surface area contributed by atoms with Crippen LogP contribution in [0.5, 0.6) is 0 Å². The molecule has 0 aromatic carbocycles. The van der Waals surface area contributed by atoms with Gasteiger partial charge >= 0.3 is 0 Å². The summed E-state index contributed by atoms with van der Waals surface area (Å²) in [6.07, 6.45) is 1.35. The summed E-state index contributed by atoms with van der Waals surface area (Å²) in [5.74, 6) is 1.02. The minimum absolute atomic E-state index is 0.440. The van der Waals surface area contributed by atoms with Gasteiger partial charge in [0.25, 0.3) is 0 Å². The molecule has 0 spiro atoms. The van der Waals surface area contributed by atoms with E-state index in [0.29, 0.717) is 0 Å². The lowest BCUT2D eigenvalue weighted by Gasteiger charge is -2.29. The predicted octanol–water partition coefficient (Wildman–Crippen LogP) is 0.853. The number of aromatic nitrogens is 1. The van der Waals surface area contributed by atoms with Crippen LogP contribution in [0.1, 0.15) is 24.2 Å². The molecule has 4 nitrogen and oxygen atoms in total. The van der Waals surface area contributed by atoms with Crippen molar-refractivity contribution >= 4 is 5.82 Å². The molecule has 0 amide bonds. The number of anilines is 1. The number of aliphatic hydroxyl groups excluding tert-OH is 1. The molecular formula is C12H19N3O. The number of hydrogen-bond acceptors (Lipinski definition) is 4. The van der Waals surface area contributed by atoms with Gasteiger partial charge in [-0.05, 0) is 25.5 Å². The van der Waals surface area contributed by atoms with Gasteiger partial charge in [-0.25, -0.2) is 4.98 Å². The summed E-state index contributed by atoms with van der Waals surface area (Å²) in [7, 11) is 0. The van der Waals surface area contributed by atoms with E-state index in [1.807, 2.05) is 6.92 Å². The van der Waals surface area contributed by atoms with Gasteiger partial charge in [-0.2, -0.15) is 0 Å². The maximum atomic E-state index is 9.54. The molecule has 1 aliphatic heterocycles. The summed E-state index contributed by atoms with van der Waals surface area (Å²) >= 11 is 0. The molecule has 88 valence electrons. The molecule has 0 radical (unpaired) electrons. The van der Waals surface area contributed by atoms with Crippen LogP contribution in [0.3, 0.4) is 0 Å². The van der Waals surface area contributed by atoms with Crippen molar-refractivity contribution in [3.63, 3.8) is 0 Å². The Morgan fingerprint density at radius 3 is 2.69 bits per heavy atom. The van der Waals surface area contributed by atoms with E-state index < -0.39 is 6.10 Å². The molecule has 1 aromatic rings. The van der Waals surface area contributed by atoms with Gasteiger partial charge in [-0.3, -0.25) is 0 Å². The summed E-state index contributed by atoms with van der Waals surface area (Å²) in [4.78, 5) is 6.70. The van der Waals surface area contributed by atoms with Crippen LogP contribution in [0.15, 0.2) is 12.3 Å². The molecule has 2 heterocycles. The summed E-state index contributed by atoms with van der Waals surface area (Å²) in [5, 5.41) is 12.9. The van der Waals surface area contributed by atoms with E-state index in [-0.39, 0.29) is 0 Å². The predicted molar refractivity (Wildman–Crippen MR) is 64.7 cm³/mol. The highest BCUT2D eigenvalue weighted by molar-refractivity contribution is 5.44. The number of aliphatic hydroxyl groups is 1. The highest BCUT2D eigenvalue weighted by Crippen LogP contribution is 2.20. The smallest absolute Gasteiger partial charge is 0.128 e. The lowest BCUT2D eigenvalue weighted by Crippen LogP contribution is -2.43. The van der Waals surface area contributed by atoms with Gasteiger partial charge in [0.05, 0.1) is 6.10 Å². The van der Waals surface area contributed by atoms with Crippen LogP contribution in [0, 0.1) is 6.92 Å². The molecule has 0 saturated carbocycles. The highest BCUT2D eigenvalue weighted by Gasteiger charge is 2.13. The van der Waals surface area contributed by atoms with Crippen molar-refractivity contribution < 1.29 is 5.11 Å². The second-order valence-electron chi connectivity index (χ2n) is 4.31. The van der Waals surface area contributed by atoms with Crippen molar-refractivity contribution in [2.75, 3.05) is 31.1 Å². The van der Waals surface area contributed by atoms with Crippen molar-refractivity contribution in [3.05, 3.63) is 23.4 Å². The van der Waals surface area contributed by atoms with Gasteiger partial charge in [0, 0.05) is 37.9 Å². The number of pyridine rings is 1. The van der Waals surface area contributed by atoms with Gasteiger partial charge in [0.1, 0.15) is 5.82 Å². The second kappa shape index (κ2) is 4.80. The molecule has 4 heteroatoms. The Morgan fingerprint density at radius 2 is 2.12 bits per heavy atom. The van der Waals surface area contributed by atoms with Crippen LogP contribution >= 0.6 is 0 Å². The number of nitrogens with one attached hydrogen (secondary N) is 1. The molecule has 0 unspecified atom stereocenters. The quantitative estimate of drug-likeness (QED) is 0.777. The van der Waals surface area contributed by atoms with E-state index in [0.717, 1.165) is 43.1 Å². The fourth-order valence-corrected chi connectivity index (χ4v) is 2.06. The molecule has 1 aliphatic rings. The molecule has 0 bridgehead atoms. The Bertz CT molecular complexity index is 359. The monoisotopic (exact) mass is 221 g/mol. The number of aryl methyl sites for hydroxylation is 1. The van der Waals surface area contributed by atoms with Crippen LogP contribution in [0.25, 0.3) is 0 Å². The van der Waals surface area contributed by atoms with Crippen LogP contribution in [-0.4, -0.2) is 36.3 Å². The highest BCUT2D eigenvalue weighted by atomic mass is 16.3. The van der Waals surface area contributed by atoms with Gasteiger partial charge in [-0.15, -0.1) is 0 Å². The Morgan fingerprint density at radius 1 is 1.44 bits per heavy atom. The molecule has 2 rings (SSSR count). The van der Waals surface area contributed by atoms with E-state index in [9.17, 15) is 5.11 Å². The Hall–Kier alpha value is -1.13. The van der Waals surface area contributed by atoms with Crippen molar-refractivity contribution in [2.24, 2.45) is 0 Å². The molecule has 1 atom stereocenters. The van der Waals surface area contributed by atoms with Crippen LogP contribution in [0.4, 0.5) is 5.82 Å². The van der Waals surface area contributed by atoms with Gasteiger partial charge in [0.15, 0.2) is 0 Å².